The maximum atomic E-state index is 14.1. The van der Waals surface area contributed by atoms with E-state index in [1.165, 1.54) is 6.07 Å². The number of phenolic OH excluding ortho intramolecular Hbond substituents is 1. The van der Waals surface area contributed by atoms with Gasteiger partial charge in [-0.3, -0.25) is 9.59 Å². The third kappa shape index (κ3) is 2.21. The number of aromatic hydroxyl groups is 1. The Bertz CT molecular complexity index is 2070. The SMILES string of the molecule is C[C@@H]1O[C@@H](C)[C@@H]2O[C@]3(O)CC(O)=c4c(=O)c5c6c7c4c3c3c2c1c(O)c1c(=O)cc(c7c31)O[C@@H]6[C@H](C)O[C@H]5C. The first-order chi connectivity index (χ1) is 18.5. The van der Waals surface area contributed by atoms with Crippen molar-refractivity contribution in [1.29, 1.82) is 0 Å². The second kappa shape index (κ2) is 6.45. The van der Waals surface area contributed by atoms with Crippen LogP contribution in [-0.4, -0.2) is 27.5 Å². The van der Waals surface area contributed by atoms with Gasteiger partial charge in [0.1, 0.15) is 23.4 Å². The van der Waals surface area contributed by atoms with Gasteiger partial charge in [-0.2, -0.15) is 0 Å². The van der Waals surface area contributed by atoms with Crippen LogP contribution in [0.5, 0.6) is 11.5 Å². The number of aliphatic hydroxyl groups excluding tert-OH is 1. The minimum absolute atomic E-state index is 0.113. The van der Waals surface area contributed by atoms with Crippen molar-refractivity contribution in [1.82, 2.24) is 0 Å². The minimum atomic E-state index is -1.99. The quantitative estimate of drug-likeness (QED) is 0.232. The van der Waals surface area contributed by atoms with E-state index in [0.717, 1.165) is 0 Å². The lowest BCUT2D eigenvalue weighted by Gasteiger charge is -2.48. The zero-order valence-electron chi connectivity index (χ0n) is 21.5. The van der Waals surface area contributed by atoms with Crippen molar-refractivity contribution in [2.75, 3.05) is 0 Å². The minimum Gasteiger partial charge on any atom is -0.511 e. The van der Waals surface area contributed by atoms with Gasteiger partial charge in [0.05, 0.1) is 41.4 Å². The maximum Gasteiger partial charge on any atom is 0.201 e. The van der Waals surface area contributed by atoms with Crippen molar-refractivity contribution in [2.24, 2.45) is 0 Å². The zero-order valence-corrected chi connectivity index (χ0v) is 21.5. The molecule has 1 aliphatic carbocycles. The molecule has 0 aromatic heterocycles. The predicted molar refractivity (Wildman–Crippen MR) is 139 cm³/mol. The van der Waals surface area contributed by atoms with Gasteiger partial charge in [-0.1, -0.05) is 0 Å². The van der Waals surface area contributed by atoms with Gasteiger partial charge in [-0.25, -0.2) is 0 Å². The Hall–Kier alpha value is -3.50. The number of phenols is 1. The van der Waals surface area contributed by atoms with Gasteiger partial charge in [0.2, 0.25) is 5.79 Å². The molecule has 0 spiro atoms. The Morgan fingerprint density at radius 3 is 2.21 bits per heavy atom. The number of benzene rings is 4. The first-order valence-corrected chi connectivity index (χ1v) is 13.3. The van der Waals surface area contributed by atoms with E-state index in [4.69, 9.17) is 18.9 Å². The van der Waals surface area contributed by atoms with Gasteiger partial charge in [0.15, 0.2) is 17.0 Å². The number of rotatable bonds is 0. The number of ether oxygens (including phenoxy) is 4. The van der Waals surface area contributed by atoms with Crippen LogP contribution in [0.4, 0.5) is 0 Å². The van der Waals surface area contributed by atoms with Gasteiger partial charge in [0, 0.05) is 55.4 Å². The van der Waals surface area contributed by atoms with Crippen LogP contribution in [0.25, 0.3) is 38.1 Å². The van der Waals surface area contributed by atoms with Crippen LogP contribution in [0.3, 0.4) is 0 Å². The second-order valence-electron chi connectivity index (χ2n) is 11.7. The van der Waals surface area contributed by atoms with Gasteiger partial charge in [0.25, 0.3) is 0 Å². The molecule has 0 amide bonds. The van der Waals surface area contributed by atoms with Crippen molar-refractivity contribution < 1.29 is 34.3 Å². The number of hydrogen-bond donors (Lipinski definition) is 3. The van der Waals surface area contributed by atoms with Gasteiger partial charge < -0.3 is 34.3 Å². The summed E-state index contributed by atoms with van der Waals surface area (Å²) < 4.78 is 25.0. The fourth-order valence-corrected chi connectivity index (χ4v) is 8.28. The Labute approximate surface area is 220 Å². The molecule has 0 radical (unpaired) electrons. The van der Waals surface area contributed by atoms with E-state index in [9.17, 15) is 24.9 Å². The van der Waals surface area contributed by atoms with E-state index in [0.29, 0.717) is 60.5 Å². The van der Waals surface area contributed by atoms with Crippen LogP contribution in [-0.2, 0) is 20.0 Å². The summed E-state index contributed by atoms with van der Waals surface area (Å²) in [5, 5.41) is 38.0. The van der Waals surface area contributed by atoms with Crippen molar-refractivity contribution in [3.8, 4) is 11.5 Å². The molecular formula is C30H24O9. The number of aliphatic hydroxyl groups is 2. The molecule has 4 aromatic rings. The Kier molecular flexibility index (Phi) is 3.69. The Balaban J connectivity index is 1.71. The Morgan fingerprint density at radius 2 is 1.46 bits per heavy atom. The molecule has 3 N–H and O–H groups in total. The highest BCUT2D eigenvalue weighted by Crippen LogP contribution is 2.61. The molecule has 4 aromatic carbocycles. The molecule has 9 nitrogen and oxygen atoms in total. The molecule has 0 bridgehead atoms. The lowest BCUT2D eigenvalue weighted by Crippen LogP contribution is -2.48. The summed E-state index contributed by atoms with van der Waals surface area (Å²) in [6.07, 6.45) is -3.86. The third-order valence-electron chi connectivity index (χ3n) is 9.57. The van der Waals surface area contributed by atoms with Gasteiger partial charge >= 0.3 is 0 Å². The van der Waals surface area contributed by atoms with Crippen molar-refractivity contribution in [3.63, 3.8) is 0 Å². The Morgan fingerprint density at radius 1 is 0.795 bits per heavy atom. The van der Waals surface area contributed by atoms with Crippen molar-refractivity contribution in [3.05, 3.63) is 59.5 Å². The molecule has 9 heteroatoms. The first-order valence-electron chi connectivity index (χ1n) is 13.3. The van der Waals surface area contributed by atoms with Gasteiger partial charge in [-0.15, -0.1) is 0 Å². The molecule has 4 heterocycles. The highest BCUT2D eigenvalue weighted by molar-refractivity contribution is 6.29. The number of hydrogen-bond acceptors (Lipinski definition) is 9. The molecule has 198 valence electrons. The predicted octanol–water partition coefficient (Wildman–Crippen LogP) is 3.41. The highest BCUT2D eigenvalue weighted by Gasteiger charge is 2.53. The van der Waals surface area contributed by atoms with Crippen LogP contribution in [0, 0.1) is 0 Å². The lowest BCUT2D eigenvalue weighted by molar-refractivity contribution is -0.270. The maximum absolute atomic E-state index is 14.1. The fraction of sp³-hybridized carbons (Fsp3) is 0.400. The summed E-state index contributed by atoms with van der Waals surface area (Å²) in [4.78, 5) is 27.8. The molecule has 9 rings (SSSR count). The average molecular weight is 529 g/mol. The largest absolute Gasteiger partial charge is 0.511 e. The molecular weight excluding hydrogens is 504 g/mol. The van der Waals surface area contributed by atoms with E-state index < -0.39 is 47.8 Å². The van der Waals surface area contributed by atoms with Crippen LogP contribution < -0.4 is 20.8 Å². The summed E-state index contributed by atoms with van der Waals surface area (Å²) in [5.41, 5.74) is 1.65. The van der Waals surface area contributed by atoms with Crippen LogP contribution in [0.1, 0.15) is 86.3 Å². The summed E-state index contributed by atoms with van der Waals surface area (Å²) in [5.74, 6) is -2.11. The highest BCUT2D eigenvalue weighted by atomic mass is 16.6. The standard InChI is InChI=1S/C30H24O9/c1-7-14-23-20-18-13(38-28(23)9(3)36-7)5-11(31)16-19(18)22-24-15(26(16)33)8(2)37-10(4)29(24)39-30(35)6-12(32)17(27(14)34)21(20)25(22)30/h5,7-10,28-29,32-33,35H,6H2,1-4H3/t7-,8-,9-,10-,28+,29-,30+/m0/s1. The summed E-state index contributed by atoms with van der Waals surface area (Å²) in [7, 11) is 0. The van der Waals surface area contributed by atoms with E-state index in [2.05, 4.69) is 0 Å². The van der Waals surface area contributed by atoms with Gasteiger partial charge in [-0.05, 0) is 33.1 Å². The molecule has 5 aliphatic rings. The first kappa shape index (κ1) is 22.3. The van der Waals surface area contributed by atoms with E-state index in [-0.39, 0.29) is 34.0 Å². The van der Waals surface area contributed by atoms with Crippen LogP contribution in [0.15, 0.2) is 15.7 Å². The topological polar surface area (TPSA) is 132 Å². The molecule has 0 saturated heterocycles. The molecule has 0 unspecified atom stereocenters. The zero-order chi connectivity index (χ0) is 27.0. The normalized spacial score (nSPS) is 33.5. The van der Waals surface area contributed by atoms with Crippen LogP contribution >= 0.6 is 0 Å². The van der Waals surface area contributed by atoms with Crippen molar-refractivity contribution >= 4 is 38.1 Å². The van der Waals surface area contributed by atoms with E-state index >= 15 is 0 Å². The fourth-order valence-electron chi connectivity index (χ4n) is 8.28. The van der Waals surface area contributed by atoms with E-state index in [1.54, 1.807) is 13.8 Å². The lowest BCUT2D eigenvalue weighted by atomic mass is 9.71. The monoisotopic (exact) mass is 528 g/mol. The summed E-state index contributed by atoms with van der Waals surface area (Å²) >= 11 is 0. The average Bonchev–Trinajstić information content (AvgIpc) is 2.85. The molecule has 0 fully saturated rings. The van der Waals surface area contributed by atoms with Crippen molar-refractivity contribution in [2.45, 2.75) is 76.5 Å². The molecule has 0 saturated carbocycles. The van der Waals surface area contributed by atoms with Crippen LogP contribution in [0.2, 0.25) is 0 Å². The smallest absolute Gasteiger partial charge is 0.201 e. The summed E-state index contributed by atoms with van der Waals surface area (Å²) in [6, 6.07) is 1.37. The molecule has 7 atom stereocenters. The molecule has 39 heavy (non-hydrogen) atoms. The second-order valence-corrected chi connectivity index (χ2v) is 11.7. The van der Waals surface area contributed by atoms with E-state index in [1.807, 2.05) is 13.8 Å². The third-order valence-corrected chi connectivity index (χ3v) is 9.57. The summed E-state index contributed by atoms with van der Waals surface area (Å²) in [6.45, 7) is 7.27. The molecule has 4 aliphatic heterocycles.